The fraction of sp³-hybridized carbons (Fsp3) is 0.412. The van der Waals surface area contributed by atoms with Crippen molar-refractivity contribution in [1.82, 2.24) is 9.55 Å². The van der Waals surface area contributed by atoms with Gasteiger partial charge in [0, 0.05) is 5.56 Å². The average Bonchev–Trinajstić information content (AvgIpc) is 2.64. The minimum absolute atomic E-state index is 0.218. The highest BCUT2D eigenvalue weighted by Crippen LogP contribution is 2.34. The van der Waals surface area contributed by atoms with Gasteiger partial charge in [-0.2, -0.15) is 4.39 Å². The normalized spacial score (nSPS) is 29.2. The standard InChI is InChI=1S/C17H17FN2O5/c18-12-7-20(17(22)19-15(12)21)11-6-13-14(23-8-11)9-24-16(25-13)10-4-2-1-3-5-10/h1-5,7,11,13-14,16H,6,8-9H2,(H,19,21,22)/t11-,13-,14+,16?/m0/s1. The van der Waals surface area contributed by atoms with Gasteiger partial charge < -0.3 is 14.2 Å². The first kappa shape index (κ1) is 16.2. The Morgan fingerprint density at radius 3 is 2.68 bits per heavy atom. The highest BCUT2D eigenvalue weighted by Gasteiger charge is 2.39. The van der Waals surface area contributed by atoms with Crippen LogP contribution in [-0.4, -0.2) is 35.0 Å². The number of aromatic amines is 1. The predicted octanol–water partition coefficient (Wildman–Crippen LogP) is 1.12. The summed E-state index contributed by atoms with van der Waals surface area (Å²) in [5.74, 6) is -1.00. The Kier molecular flexibility index (Phi) is 4.24. The Morgan fingerprint density at radius 1 is 1.08 bits per heavy atom. The van der Waals surface area contributed by atoms with Crippen molar-refractivity contribution >= 4 is 0 Å². The lowest BCUT2D eigenvalue weighted by molar-refractivity contribution is -0.282. The maximum absolute atomic E-state index is 13.5. The largest absolute Gasteiger partial charge is 0.371 e. The van der Waals surface area contributed by atoms with E-state index >= 15 is 0 Å². The molecule has 8 heteroatoms. The lowest BCUT2D eigenvalue weighted by Crippen LogP contribution is -2.49. The van der Waals surface area contributed by atoms with Gasteiger partial charge in [0.15, 0.2) is 6.29 Å². The number of aromatic nitrogens is 2. The van der Waals surface area contributed by atoms with Gasteiger partial charge in [0.05, 0.1) is 31.6 Å². The van der Waals surface area contributed by atoms with Crippen LogP contribution >= 0.6 is 0 Å². The quantitative estimate of drug-likeness (QED) is 0.879. The molecule has 0 spiro atoms. The summed E-state index contributed by atoms with van der Waals surface area (Å²) in [6, 6.07) is 9.11. The number of rotatable bonds is 2. The van der Waals surface area contributed by atoms with E-state index in [2.05, 4.69) is 0 Å². The van der Waals surface area contributed by atoms with E-state index in [1.165, 1.54) is 0 Å². The molecule has 1 N–H and O–H groups in total. The molecule has 2 aliphatic rings. The van der Waals surface area contributed by atoms with E-state index in [0.29, 0.717) is 13.0 Å². The minimum atomic E-state index is -1.03. The molecule has 4 rings (SSSR count). The molecule has 4 atom stereocenters. The first-order valence-corrected chi connectivity index (χ1v) is 8.06. The summed E-state index contributed by atoms with van der Waals surface area (Å²) in [6.45, 7) is 0.598. The number of hydrogen-bond acceptors (Lipinski definition) is 5. The molecule has 2 aromatic rings. The molecule has 1 unspecified atom stereocenters. The molecule has 132 valence electrons. The molecule has 0 radical (unpaired) electrons. The Hall–Kier alpha value is -2.29. The van der Waals surface area contributed by atoms with E-state index in [1.807, 2.05) is 35.3 Å². The maximum atomic E-state index is 13.5. The lowest BCUT2D eigenvalue weighted by atomic mass is 10.0. The van der Waals surface area contributed by atoms with Crippen molar-refractivity contribution in [2.45, 2.75) is 31.0 Å². The molecule has 2 saturated heterocycles. The summed E-state index contributed by atoms with van der Waals surface area (Å²) in [4.78, 5) is 25.1. The molecular formula is C17H17FN2O5. The van der Waals surface area contributed by atoms with Crippen LogP contribution in [0.15, 0.2) is 46.1 Å². The predicted molar refractivity (Wildman–Crippen MR) is 84.7 cm³/mol. The van der Waals surface area contributed by atoms with Crippen LogP contribution < -0.4 is 11.2 Å². The van der Waals surface area contributed by atoms with Crippen molar-refractivity contribution in [3.05, 3.63) is 68.7 Å². The van der Waals surface area contributed by atoms with E-state index < -0.39 is 29.4 Å². The van der Waals surface area contributed by atoms with Gasteiger partial charge in [0.1, 0.15) is 6.10 Å². The fourth-order valence-electron chi connectivity index (χ4n) is 3.22. The van der Waals surface area contributed by atoms with Gasteiger partial charge in [-0.25, -0.2) is 4.79 Å². The number of H-pyrrole nitrogens is 1. The van der Waals surface area contributed by atoms with E-state index in [0.717, 1.165) is 16.3 Å². The van der Waals surface area contributed by atoms with Crippen LogP contribution in [0.25, 0.3) is 0 Å². The van der Waals surface area contributed by atoms with Crippen LogP contribution in [0.5, 0.6) is 0 Å². The first-order valence-electron chi connectivity index (χ1n) is 8.06. The molecule has 0 aliphatic carbocycles. The van der Waals surface area contributed by atoms with E-state index in [9.17, 15) is 14.0 Å². The van der Waals surface area contributed by atoms with Gasteiger partial charge in [-0.3, -0.25) is 14.3 Å². The Labute approximate surface area is 142 Å². The zero-order chi connectivity index (χ0) is 17.4. The molecule has 0 saturated carbocycles. The maximum Gasteiger partial charge on any atom is 0.328 e. The zero-order valence-corrected chi connectivity index (χ0v) is 13.3. The summed E-state index contributed by atoms with van der Waals surface area (Å²) < 4.78 is 32.1. The second kappa shape index (κ2) is 6.55. The van der Waals surface area contributed by atoms with Crippen LogP contribution in [0.3, 0.4) is 0 Å². The van der Waals surface area contributed by atoms with E-state index in [-0.39, 0.29) is 18.8 Å². The molecular weight excluding hydrogens is 331 g/mol. The molecule has 2 aliphatic heterocycles. The number of halogens is 1. The van der Waals surface area contributed by atoms with Crippen LogP contribution in [0.2, 0.25) is 0 Å². The Balaban J connectivity index is 1.54. The third-order valence-electron chi connectivity index (χ3n) is 4.52. The highest BCUT2D eigenvalue weighted by molar-refractivity contribution is 5.16. The molecule has 7 nitrogen and oxygen atoms in total. The first-order chi connectivity index (χ1) is 12.1. The van der Waals surface area contributed by atoms with Crippen LogP contribution in [-0.2, 0) is 14.2 Å². The second-order valence-electron chi connectivity index (χ2n) is 6.16. The van der Waals surface area contributed by atoms with Gasteiger partial charge in [0.2, 0.25) is 5.82 Å². The zero-order valence-electron chi connectivity index (χ0n) is 13.3. The van der Waals surface area contributed by atoms with Crippen molar-refractivity contribution in [1.29, 1.82) is 0 Å². The summed E-state index contributed by atoms with van der Waals surface area (Å²) in [7, 11) is 0. The highest BCUT2D eigenvalue weighted by atomic mass is 19.1. The number of hydrogen-bond donors (Lipinski definition) is 1. The van der Waals surface area contributed by atoms with Crippen LogP contribution in [0.4, 0.5) is 4.39 Å². The molecule has 1 aromatic carbocycles. The third kappa shape index (κ3) is 3.15. The molecule has 1 aromatic heterocycles. The monoisotopic (exact) mass is 348 g/mol. The third-order valence-corrected chi connectivity index (χ3v) is 4.52. The Bertz CT molecular complexity index is 865. The van der Waals surface area contributed by atoms with Gasteiger partial charge in [-0.1, -0.05) is 30.3 Å². The minimum Gasteiger partial charge on any atom is -0.371 e. The van der Waals surface area contributed by atoms with Gasteiger partial charge in [0.25, 0.3) is 5.56 Å². The SMILES string of the molecule is O=c1[nH]c(=O)n([C@@H]2CO[C@@H]3COC(c4ccccc4)O[C@H]3C2)cc1F. The average molecular weight is 348 g/mol. The topological polar surface area (TPSA) is 82.6 Å². The smallest absolute Gasteiger partial charge is 0.328 e. The molecule has 0 amide bonds. The van der Waals surface area contributed by atoms with Crippen molar-refractivity contribution in [2.75, 3.05) is 13.2 Å². The summed E-state index contributed by atoms with van der Waals surface area (Å²) in [5, 5.41) is 0. The van der Waals surface area contributed by atoms with Gasteiger partial charge >= 0.3 is 5.69 Å². The van der Waals surface area contributed by atoms with E-state index in [4.69, 9.17) is 14.2 Å². The summed E-state index contributed by atoms with van der Waals surface area (Å²) in [5.41, 5.74) is -0.789. The Morgan fingerprint density at radius 2 is 1.88 bits per heavy atom. The van der Waals surface area contributed by atoms with E-state index in [1.54, 1.807) is 0 Å². The van der Waals surface area contributed by atoms with Crippen molar-refractivity contribution in [3.63, 3.8) is 0 Å². The second-order valence-corrected chi connectivity index (χ2v) is 6.16. The molecule has 25 heavy (non-hydrogen) atoms. The summed E-state index contributed by atoms with van der Waals surface area (Å²) in [6.07, 6.45) is 0.347. The number of ether oxygens (including phenoxy) is 3. The van der Waals surface area contributed by atoms with Crippen molar-refractivity contribution in [2.24, 2.45) is 0 Å². The van der Waals surface area contributed by atoms with Crippen LogP contribution in [0.1, 0.15) is 24.3 Å². The summed E-state index contributed by atoms with van der Waals surface area (Å²) >= 11 is 0. The fourth-order valence-corrected chi connectivity index (χ4v) is 3.22. The number of nitrogens with zero attached hydrogens (tertiary/aromatic N) is 1. The van der Waals surface area contributed by atoms with Gasteiger partial charge in [-0.05, 0) is 6.42 Å². The lowest BCUT2D eigenvalue weighted by Gasteiger charge is -2.42. The van der Waals surface area contributed by atoms with Crippen molar-refractivity contribution < 1.29 is 18.6 Å². The molecule has 2 fully saturated rings. The molecule has 0 bridgehead atoms. The van der Waals surface area contributed by atoms with Gasteiger partial charge in [-0.15, -0.1) is 0 Å². The van der Waals surface area contributed by atoms with Crippen LogP contribution in [0, 0.1) is 5.82 Å². The number of nitrogens with one attached hydrogen (secondary N) is 1. The molecule has 3 heterocycles. The van der Waals surface area contributed by atoms with Crippen molar-refractivity contribution in [3.8, 4) is 0 Å². The number of fused-ring (bicyclic) bond motifs is 1. The number of benzene rings is 1.